The van der Waals surface area contributed by atoms with Crippen LogP contribution in [0, 0.1) is 11.6 Å². The SMILES string of the molecule is COc1ccc(N2CC(NC(=O)Nc3ccc(F)c(F)c3)CC2=O)cc1. The molecule has 2 aromatic carbocycles. The van der Waals surface area contributed by atoms with Gasteiger partial charge in [-0.1, -0.05) is 0 Å². The average molecular weight is 361 g/mol. The van der Waals surface area contributed by atoms with E-state index in [0.29, 0.717) is 18.0 Å². The van der Waals surface area contributed by atoms with E-state index in [1.54, 1.807) is 36.3 Å². The number of rotatable bonds is 4. The van der Waals surface area contributed by atoms with Crippen LogP contribution in [0.1, 0.15) is 6.42 Å². The Morgan fingerprint density at radius 2 is 1.88 bits per heavy atom. The highest BCUT2D eigenvalue weighted by atomic mass is 19.2. The fourth-order valence-corrected chi connectivity index (χ4v) is 2.74. The second-order valence-corrected chi connectivity index (χ2v) is 5.83. The number of carbonyl (C=O) groups excluding carboxylic acids is 2. The van der Waals surface area contributed by atoms with E-state index >= 15 is 0 Å². The molecule has 1 heterocycles. The van der Waals surface area contributed by atoms with E-state index in [9.17, 15) is 18.4 Å². The molecule has 0 aromatic heterocycles. The summed E-state index contributed by atoms with van der Waals surface area (Å²) in [4.78, 5) is 25.8. The van der Waals surface area contributed by atoms with Crippen LogP contribution in [0.25, 0.3) is 0 Å². The maximum Gasteiger partial charge on any atom is 0.319 e. The number of nitrogens with zero attached hydrogens (tertiary/aromatic N) is 1. The van der Waals surface area contributed by atoms with Crippen molar-refractivity contribution in [3.8, 4) is 5.75 Å². The molecule has 6 nitrogen and oxygen atoms in total. The first kappa shape index (κ1) is 17.7. The number of nitrogens with one attached hydrogen (secondary N) is 2. The van der Waals surface area contributed by atoms with Crippen molar-refractivity contribution < 1.29 is 23.1 Å². The minimum Gasteiger partial charge on any atom is -0.497 e. The van der Waals surface area contributed by atoms with E-state index in [4.69, 9.17) is 4.74 Å². The molecule has 1 aliphatic heterocycles. The molecule has 136 valence electrons. The number of urea groups is 1. The van der Waals surface area contributed by atoms with Crippen LogP contribution in [0.2, 0.25) is 0 Å². The molecular formula is C18H17F2N3O3. The predicted octanol–water partition coefficient (Wildman–Crippen LogP) is 2.90. The van der Waals surface area contributed by atoms with Crippen molar-refractivity contribution in [3.05, 3.63) is 54.1 Å². The van der Waals surface area contributed by atoms with Crippen LogP contribution in [-0.4, -0.2) is 31.6 Å². The maximum atomic E-state index is 13.2. The number of hydrogen-bond donors (Lipinski definition) is 2. The molecule has 1 unspecified atom stereocenters. The quantitative estimate of drug-likeness (QED) is 0.880. The molecule has 0 aliphatic carbocycles. The van der Waals surface area contributed by atoms with E-state index in [1.807, 2.05) is 0 Å². The molecule has 0 saturated carbocycles. The van der Waals surface area contributed by atoms with E-state index in [0.717, 1.165) is 12.1 Å². The summed E-state index contributed by atoms with van der Waals surface area (Å²) in [5, 5.41) is 5.08. The monoisotopic (exact) mass is 361 g/mol. The van der Waals surface area contributed by atoms with Gasteiger partial charge in [0.25, 0.3) is 0 Å². The third kappa shape index (κ3) is 3.90. The van der Waals surface area contributed by atoms with E-state index in [-0.39, 0.29) is 18.0 Å². The second kappa shape index (κ2) is 7.38. The third-order valence-corrected chi connectivity index (χ3v) is 4.02. The smallest absolute Gasteiger partial charge is 0.319 e. The zero-order chi connectivity index (χ0) is 18.7. The normalized spacial score (nSPS) is 16.5. The van der Waals surface area contributed by atoms with Gasteiger partial charge in [0.2, 0.25) is 5.91 Å². The molecule has 26 heavy (non-hydrogen) atoms. The van der Waals surface area contributed by atoms with Crippen LogP contribution in [0.3, 0.4) is 0 Å². The van der Waals surface area contributed by atoms with Gasteiger partial charge in [0, 0.05) is 30.4 Å². The Labute approximate surface area is 148 Å². The Morgan fingerprint density at radius 3 is 2.54 bits per heavy atom. The Morgan fingerprint density at radius 1 is 1.15 bits per heavy atom. The molecule has 0 spiro atoms. The number of amides is 3. The van der Waals surface area contributed by atoms with Gasteiger partial charge < -0.3 is 20.3 Å². The third-order valence-electron chi connectivity index (χ3n) is 4.02. The summed E-state index contributed by atoms with van der Waals surface area (Å²) < 4.78 is 31.2. The van der Waals surface area contributed by atoms with Crippen molar-refractivity contribution >= 4 is 23.3 Å². The number of halogens is 2. The van der Waals surface area contributed by atoms with Gasteiger partial charge in [0.05, 0.1) is 13.2 Å². The van der Waals surface area contributed by atoms with Crippen LogP contribution in [0.4, 0.5) is 25.0 Å². The molecule has 0 radical (unpaired) electrons. The Kier molecular flexibility index (Phi) is 5.01. The number of hydrogen-bond acceptors (Lipinski definition) is 3. The molecule has 1 saturated heterocycles. The topological polar surface area (TPSA) is 70.7 Å². The van der Waals surface area contributed by atoms with Crippen molar-refractivity contribution in [1.29, 1.82) is 0 Å². The summed E-state index contributed by atoms with van der Waals surface area (Å²) in [5.41, 5.74) is 0.832. The minimum atomic E-state index is -1.05. The van der Waals surface area contributed by atoms with E-state index in [1.165, 1.54) is 6.07 Å². The predicted molar refractivity (Wildman–Crippen MR) is 92.3 cm³/mol. The Balaban J connectivity index is 1.59. The van der Waals surface area contributed by atoms with Gasteiger partial charge in [0.15, 0.2) is 11.6 Å². The maximum absolute atomic E-state index is 13.2. The summed E-state index contributed by atoms with van der Waals surface area (Å²) in [5.74, 6) is -1.48. The zero-order valence-corrected chi connectivity index (χ0v) is 14.0. The fraction of sp³-hybridized carbons (Fsp3) is 0.222. The highest BCUT2D eigenvalue weighted by Crippen LogP contribution is 2.24. The standard InChI is InChI=1S/C18H17F2N3O3/c1-26-14-5-3-13(4-6-14)23-10-12(9-17(23)24)22-18(25)21-11-2-7-15(19)16(20)8-11/h2-8,12H,9-10H2,1H3,(H2,21,22,25). The lowest BCUT2D eigenvalue weighted by atomic mass is 10.2. The molecule has 2 aromatic rings. The lowest BCUT2D eigenvalue weighted by Gasteiger charge is -2.17. The van der Waals surface area contributed by atoms with Crippen LogP contribution in [-0.2, 0) is 4.79 Å². The second-order valence-electron chi connectivity index (χ2n) is 5.83. The molecule has 3 rings (SSSR count). The van der Waals surface area contributed by atoms with Crippen LogP contribution < -0.4 is 20.3 Å². The molecule has 1 atom stereocenters. The van der Waals surface area contributed by atoms with Crippen molar-refractivity contribution in [2.75, 3.05) is 23.9 Å². The van der Waals surface area contributed by atoms with E-state index < -0.39 is 23.7 Å². The number of anilines is 2. The van der Waals surface area contributed by atoms with Crippen LogP contribution in [0.5, 0.6) is 5.75 Å². The van der Waals surface area contributed by atoms with Crippen molar-refractivity contribution in [1.82, 2.24) is 5.32 Å². The first-order chi connectivity index (χ1) is 12.5. The van der Waals surface area contributed by atoms with Gasteiger partial charge in [-0.25, -0.2) is 13.6 Å². The largest absolute Gasteiger partial charge is 0.497 e. The van der Waals surface area contributed by atoms with Crippen molar-refractivity contribution in [3.63, 3.8) is 0 Å². The molecule has 8 heteroatoms. The lowest BCUT2D eigenvalue weighted by molar-refractivity contribution is -0.117. The van der Waals surface area contributed by atoms with Gasteiger partial charge >= 0.3 is 6.03 Å². The van der Waals surface area contributed by atoms with Gasteiger partial charge in [-0.15, -0.1) is 0 Å². The zero-order valence-electron chi connectivity index (χ0n) is 14.0. The van der Waals surface area contributed by atoms with Crippen LogP contribution >= 0.6 is 0 Å². The molecule has 1 aliphatic rings. The summed E-state index contributed by atoms with van der Waals surface area (Å²) in [6.07, 6.45) is 0.150. The number of carbonyl (C=O) groups is 2. The summed E-state index contributed by atoms with van der Waals surface area (Å²) in [7, 11) is 1.56. The van der Waals surface area contributed by atoms with Crippen LogP contribution in [0.15, 0.2) is 42.5 Å². The van der Waals surface area contributed by atoms with Gasteiger partial charge in [-0.05, 0) is 36.4 Å². The molecule has 0 bridgehead atoms. The van der Waals surface area contributed by atoms with Gasteiger partial charge in [0.1, 0.15) is 5.75 Å². The van der Waals surface area contributed by atoms with Crippen molar-refractivity contribution in [2.24, 2.45) is 0 Å². The molecule has 2 N–H and O–H groups in total. The molecule has 3 amide bonds. The number of ether oxygens (including phenoxy) is 1. The first-order valence-corrected chi connectivity index (χ1v) is 7.93. The highest BCUT2D eigenvalue weighted by Gasteiger charge is 2.31. The van der Waals surface area contributed by atoms with Gasteiger partial charge in [-0.2, -0.15) is 0 Å². The fourth-order valence-electron chi connectivity index (χ4n) is 2.74. The Hall–Kier alpha value is -3.16. The molecule has 1 fully saturated rings. The number of methoxy groups -OCH3 is 1. The van der Waals surface area contributed by atoms with E-state index in [2.05, 4.69) is 10.6 Å². The lowest BCUT2D eigenvalue weighted by Crippen LogP contribution is -2.39. The molecular weight excluding hydrogens is 344 g/mol. The summed E-state index contributed by atoms with van der Waals surface area (Å²) in [6, 6.07) is 9.11. The van der Waals surface area contributed by atoms with Crippen molar-refractivity contribution in [2.45, 2.75) is 12.5 Å². The number of benzene rings is 2. The summed E-state index contributed by atoms with van der Waals surface area (Å²) in [6.45, 7) is 0.316. The van der Waals surface area contributed by atoms with Gasteiger partial charge in [-0.3, -0.25) is 4.79 Å². The Bertz CT molecular complexity index is 827. The first-order valence-electron chi connectivity index (χ1n) is 7.93. The average Bonchev–Trinajstić information content (AvgIpc) is 2.98. The highest BCUT2D eigenvalue weighted by molar-refractivity contribution is 5.97. The minimum absolute atomic E-state index is 0.117. The summed E-state index contributed by atoms with van der Waals surface area (Å²) >= 11 is 0.